The summed E-state index contributed by atoms with van der Waals surface area (Å²) in [4.78, 5) is 39.0. The molecule has 21 nitrogen and oxygen atoms in total. The fourth-order valence-corrected chi connectivity index (χ4v) is 4.41. The van der Waals surface area contributed by atoms with Crippen molar-refractivity contribution < 1.29 is 47.6 Å². The predicted molar refractivity (Wildman–Crippen MR) is 104 cm³/mol. The van der Waals surface area contributed by atoms with Crippen molar-refractivity contribution in [1.82, 2.24) is 4.90 Å². The number of phosphoric acid groups is 2. The molecule has 7 N–H and O–H groups in total. The number of aliphatic hydroxyl groups is 2. The lowest BCUT2D eigenvalue weighted by Gasteiger charge is -2.27. The first kappa shape index (κ1) is 24.7. The molecule has 0 aromatic heterocycles. The average molecular weight is 509 g/mol. The highest BCUT2D eigenvalue weighted by Gasteiger charge is 2.52. The minimum Gasteiger partial charge on any atom is -0.387 e. The molecule has 0 amide bonds. The number of rotatable bonds is 7. The summed E-state index contributed by atoms with van der Waals surface area (Å²) in [7, 11) is -10.7. The first-order valence-electron chi connectivity index (χ1n) is 8.28. The van der Waals surface area contributed by atoms with Gasteiger partial charge in [0.2, 0.25) is 5.10 Å². The van der Waals surface area contributed by atoms with Crippen molar-refractivity contribution in [1.29, 1.82) is 5.39 Å². The predicted octanol–water partition coefficient (Wildman–Crippen LogP) is -2.40. The van der Waals surface area contributed by atoms with Crippen LogP contribution in [0.1, 0.15) is 0 Å². The van der Waals surface area contributed by atoms with Gasteiger partial charge in [0.15, 0.2) is 29.6 Å². The molecule has 5 atom stereocenters. The van der Waals surface area contributed by atoms with E-state index in [1.165, 1.54) is 0 Å². The largest absolute Gasteiger partial charge is 0.481 e. The first-order chi connectivity index (χ1) is 15.4. The summed E-state index contributed by atoms with van der Waals surface area (Å²) >= 11 is 0. The second-order valence-corrected chi connectivity index (χ2v) is 8.95. The topological polar surface area (TPSA) is 317 Å². The van der Waals surface area contributed by atoms with Gasteiger partial charge in [-0.05, 0) is 0 Å². The Bertz CT molecular complexity index is 1140. The van der Waals surface area contributed by atoms with Gasteiger partial charge in [0.25, 0.3) is 5.39 Å². The van der Waals surface area contributed by atoms with Crippen LogP contribution < -0.4 is 5.73 Å². The van der Waals surface area contributed by atoms with Crippen molar-refractivity contribution >= 4 is 44.9 Å². The molecule has 0 aliphatic carbocycles. The van der Waals surface area contributed by atoms with E-state index >= 15 is 0 Å². The second kappa shape index (κ2) is 9.16. The van der Waals surface area contributed by atoms with E-state index in [0.717, 1.165) is 4.90 Å². The van der Waals surface area contributed by atoms with Crippen molar-refractivity contribution in [2.75, 3.05) is 6.61 Å². The smallest absolute Gasteiger partial charge is 0.387 e. The Labute approximate surface area is 181 Å². The minimum absolute atomic E-state index is 0.144. The van der Waals surface area contributed by atoms with Crippen molar-refractivity contribution in [3.05, 3.63) is 10.6 Å². The van der Waals surface area contributed by atoms with E-state index < -0.39 is 58.7 Å². The number of hydrogen-bond donors (Lipinski definition) is 6. The van der Waals surface area contributed by atoms with Crippen molar-refractivity contribution in [2.45, 2.75) is 24.5 Å². The van der Waals surface area contributed by atoms with Crippen LogP contribution >= 0.6 is 15.6 Å². The van der Waals surface area contributed by atoms with Crippen LogP contribution in [0, 0.1) is 5.39 Å². The number of ether oxygens (including phenoxy) is 1. The maximum Gasteiger partial charge on any atom is 0.481 e. The van der Waals surface area contributed by atoms with E-state index in [4.69, 9.17) is 31.2 Å². The van der Waals surface area contributed by atoms with Crippen LogP contribution in [0.3, 0.4) is 0 Å². The van der Waals surface area contributed by atoms with Gasteiger partial charge in [-0.1, -0.05) is 0 Å². The number of phosphoric ester groups is 1. The Hall–Kier alpha value is -2.89. The number of aliphatic hydroxyl groups excluding tert-OH is 2. The minimum atomic E-state index is -5.39. The number of nitrogens with zero attached hydrogens (tertiary/aromatic N) is 10. The van der Waals surface area contributed by atoms with Gasteiger partial charge in [0, 0.05) is 0 Å². The molecule has 3 aliphatic heterocycles. The third-order valence-electron chi connectivity index (χ3n) is 4.01. The van der Waals surface area contributed by atoms with Crippen LogP contribution in [0.25, 0.3) is 10.6 Å². The van der Waals surface area contributed by atoms with Crippen LogP contribution in [0.5, 0.6) is 0 Å². The summed E-state index contributed by atoms with van der Waals surface area (Å²) in [5.41, 5.74) is 14.2. The Kier molecular flexibility index (Phi) is 6.87. The molecule has 178 valence electrons. The zero-order valence-electron chi connectivity index (χ0n) is 15.7. The van der Waals surface area contributed by atoms with E-state index in [1.54, 1.807) is 0 Å². The number of aliphatic imine (C=N–C) groups is 3. The molecule has 0 aromatic carbocycles. The fraction of sp³-hybridized carbons (Fsp3) is 0.500. The van der Waals surface area contributed by atoms with Gasteiger partial charge in [0.05, 0.1) is 6.61 Å². The summed E-state index contributed by atoms with van der Waals surface area (Å²) in [5, 5.41) is 41.1. The third kappa shape index (κ3) is 5.37. The number of diazo groups is 1. The normalized spacial score (nSPS) is 31.5. The summed E-state index contributed by atoms with van der Waals surface area (Å²) in [5.74, 6) is -1.44. The Morgan fingerprint density at radius 2 is 1.94 bits per heavy atom. The average Bonchev–Trinajstić information content (AvgIpc) is 3.17. The van der Waals surface area contributed by atoms with Gasteiger partial charge in [0.1, 0.15) is 18.3 Å². The first-order valence-corrected chi connectivity index (χ1v) is 11.3. The number of amidine groups is 2. The van der Waals surface area contributed by atoms with Crippen LogP contribution in [0.15, 0.2) is 30.4 Å². The van der Waals surface area contributed by atoms with Crippen molar-refractivity contribution in [3.63, 3.8) is 0 Å². The van der Waals surface area contributed by atoms with Crippen LogP contribution in [-0.4, -0.2) is 90.2 Å². The second-order valence-electron chi connectivity index (χ2n) is 6.12. The lowest BCUT2D eigenvalue weighted by molar-refractivity contribution is -0.0511. The summed E-state index contributed by atoms with van der Waals surface area (Å²) < 4.78 is 35.8. The number of hydrogen-bond acceptors (Lipinski definition) is 11. The molecule has 0 radical (unpaired) electrons. The standard InChI is InChI=1S/C10H13N11O10P2/c11-6-3-7(16-9(15-6)17-19-12)21(10(14-3)18-20-13)8-5(23)4(22)2(30-8)1-29-33(27,28)31-32(24,25)26/h2,4-5,8,22-23H,1H2,(H5-,11,12,15,17,24,25,26,27,28)/t2-,4-,5-,8-/m1/s1. The molecule has 0 bridgehead atoms. The highest BCUT2D eigenvalue weighted by molar-refractivity contribution is 7.60. The molecule has 3 heterocycles. The van der Waals surface area contributed by atoms with Crippen molar-refractivity contribution in [2.24, 2.45) is 36.1 Å². The molecule has 1 saturated heterocycles. The van der Waals surface area contributed by atoms with Crippen LogP contribution in [0.4, 0.5) is 0 Å². The molecule has 0 saturated carbocycles. The van der Waals surface area contributed by atoms with Gasteiger partial charge >= 0.3 is 26.7 Å². The van der Waals surface area contributed by atoms with Crippen LogP contribution in [0.2, 0.25) is 0 Å². The van der Waals surface area contributed by atoms with E-state index in [0.29, 0.717) is 0 Å². The highest BCUT2D eigenvalue weighted by atomic mass is 31.3. The van der Waals surface area contributed by atoms with Gasteiger partial charge in [-0.3, -0.25) is 14.6 Å². The van der Waals surface area contributed by atoms with E-state index in [2.05, 4.69) is 44.3 Å². The Morgan fingerprint density at radius 3 is 2.55 bits per heavy atom. The number of nitrogens with two attached hydrogens (primary N) is 1. The maximum atomic E-state index is 11.6. The third-order valence-corrected chi connectivity index (χ3v) is 6.16. The lowest BCUT2D eigenvalue weighted by Crippen LogP contribution is -2.51. The summed E-state index contributed by atoms with van der Waals surface area (Å²) in [6.07, 6.45) is -6.76. The van der Waals surface area contributed by atoms with Gasteiger partial charge in [-0.2, -0.15) is 9.30 Å². The molecular formula is C10H13N11O10P2. The SMILES string of the molecule is N#[N+]N=C1N=C2C(N)=NC(=NN=[N-])N=C2N1[C@@H]1O[C@H](COP(=O)(O)OP(=O)(O)O)[C@@H](O)[C@H]1O. The highest BCUT2D eigenvalue weighted by Crippen LogP contribution is 2.57. The molecular weight excluding hydrogens is 496 g/mol. The maximum absolute atomic E-state index is 11.6. The zero-order chi connectivity index (χ0) is 24.6. The van der Waals surface area contributed by atoms with Gasteiger partial charge in [-0.15, -0.1) is 0 Å². The molecule has 33 heavy (non-hydrogen) atoms. The van der Waals surface area contributed by atoms with Gasteiger partial charge in [-0.25, -0.2) is 19.1 Å². The van der Waals surface area contributed by atoms with Crippen LogP contribution in [-0.2, 0) is 22.7 Å². The molecule has 23 heteroatoms. The molecule has 1 unspecified atom stereocenters. The summed E-state index contributed by atoms with van der Waals surface area (Å²) in [6, 6.07) is 0. The molecule has 3 rings (SSSR count). The monoisotopic (exact) mass is 509 g/mol. The van der Waals surface area contributed by atoms with E-state index in [-0.39, 0.29) is 17.4 Å². The molecule has 3 aliphatic rings. The fourth-order valence-electron chi connectivity index (χ4n) is 2.81. The lowest BCUT2D eigenvalue weighted by atomic mass is 10.1. The molecule has 0 aromatic rings. The quantitative estimate of drug-likeness (QED) is 0.0903. The summed E-state index contributed by atoms with van der Waals surface area (Å²) in [6.45, 7) is -0.979. The zero-order valence-corrected chi connectivity index (χ0v) is 17.5. The Morgan fingerprint density at radius 1 is 1.24 bits per heavy atom. The van der Waals surface area contributed by atoms with E-state index in [1.807, 2.05) is 0 Å². The van der Waals surface area contributed by atoms with Gasteiger partial charge < -0.3 is 46.0 Å². The van der Waals surface area contributed by atoms with Crippen molar-refractivity contribution in [3.8, 4) is 0 Å². The van der Waals surface area contributed by atoms with E-state index in [9.17, 15) is 24.2 Å². The Balaban J connectivity index is 1.86. The molecule has 0 spiro atoms. The number of guanidine groups is 2. The molecule has 1 fully saturated rings. The number of fused-ring (bicyclic) bond motifs is 1.